The van der Waals surface area contributed by atoms with E-state index in [2.05, 4.69) is 11.4 Å². The molecule has 0 radical (unpaired) electrons. The van der Waals surface area contributed by atoms with Crippen LogP contribution in [-0.4, -0.2) is 31.2 Å². The molecule has 2 aromatic rings. The number of benzene rings is 2. The van der Waals surface area contributed by atoms with Gasteiger partial charge in [-0.1, -0.05) is 46.9 Å². The summed E-state index contributed by atoms with van der Waals surface area (Å²) in [7, 11) is -3.84. The van der Waals surface area contributed by atoms with Crippen molar-refractivity contribution in [3.63, 3.8) is 0 Å². The summed E-state index contributed by atoms with van der Waals surface area (Å²) >= 11 is 18.0. The smallest absolute Gasteiger partial charge is 0.227 e. The van der Waals surface area contributed by atoms with E-state index in [0.29, 0.717) is 22.9 Å². The van der Waals surface area contributed by atoms with Crippen molar-refractivity contribution in [3.8, 4) is 6.07 Å². The molecule has 10 heteroatoms. The summed E-state index contributed by atoms with van der Waals surface area (Å²) in [6.07, 6.45) is 0.730. The molecule has 33 heavy (non-hydrogen) atoms. The Balaban J connectivity index is 1.56. The Hall–Kier alpha value is -1.82. The molecule has 0 aromatic heterocycles. The van der Waals surface area contributed by atoms with Crippen LogP contribution >= 0.6 is 34.8 Å². The van der Waals surface area contributed by atoms with Crippen molar-refractivity contribution in [1.82, 2.24) is 5.32 Å². The van der Waals surface area contributed by atoms with Gasteiger partial charge in [0, 0.05) is 10.0 Å². The number of hydrogen-bond acceptors (Lipinski definition) is 5. The fraction of sp³-hybridized carbons (Fsp3) is 0.391. The number of nitrogens with one attached hydrogen (secondary N) is 1. The molecule has 0 unspecified atom stereocenters. The lowest BCUT2D eigenvalue weighted by molar-refractivity contribution is -0.130. The quantitative estimate of drug-likeness (QED) is 0.549. The topological polar surface area (TPSA) is 96.3 Å². The summed E-state index contributed by atoms with van der Waals surface area (Å²) in [4.78, 5) is 13.0. The first-order valence-corrected chi connectivity index (χ1v) is 13.1. The minimum Gasteiger partial charge on any atom is -0.373 e. The van der Waals surface area contributed by atoms with Gasteiger partial charge in [-0.25, -0.2) is 8.42 Å². The molecule has 0 aliphatic heterocycles. The first-order valence-electron chi connectivity index (χ1n) is 10.4. The van der Waals surface area contributed by atoms with Crippen LogP contribution in [0.2, 0.25) is 15.1 Å². The zero-order valence-corrected chi connectivity index (χ0v) is 20.5. The second kappa shape index (κ2) is 9.44. The van der Waals surface area contributed by atoms with Crippen LogP contribution in [0.1, 0.15) is 31.2 Å². The number of halogens is 3. The molecule has 0 saturated heterocycles. The minimum absolute atomic E-state index is 0.0215. The molecular formula is C23H21Cl3N2O4S. The normalized spacial score (nSPS) is 23.6. The highest BCUT2D eigenvalue weighted by molar-refractivity contribution is 7.92. The lowest BCUT2D eigenvalue weighted by atomic mass is 10.0. The summed E-state index contributed by atoms with van der Waals surface area (Å²) in [5, 5.41) is 12.2. The predicted molar refractivity (Wildman–Crippen MR) is 126 cm³/mol. The van der Waals surface area contributed by atoms with E-state index in [1.807, 2.05) is 12.1 Å². The maximum absolute atomic E-state index is 13.4. The number of hydrogen-bond donors (Lipinski definition) is 1. The van der Waals surface area contributed by atoms with Gasteiger partial charge >= 0.3 is 0 Å². The Morgan fingerprint density at radius 2 is 1.76 bits per heavy atom. The number of nitrogens with zero attached hydrogens (tertiary/aromatic N) is 1. The third kappa shape index (κ3) is 5.31. The Labute approximate surface area is 207 Å². The van der Waals surface area contributed by atoms with Gasteiger partial charge in [0.05, 0.1) is 39.9 Å². The summed E-state index contributed by atoms with van der Waals surface area (Å²) < 4.78 is 32.8. The molecule has 174 valence electrons. The van der Waals surface area contributed by atoms with Gasteiger partial charge in [0.15, 0.2) is 9.84 Å². The standard InChI is InChI=1S/C23H21Cl3N2O4S/c24-15-3-1-14(2-4-15)12-32-20-11-17(10-18(20)22(29)28-23(13-27)7-8-23)33(30,31)21-6-5-16(25)9-19(21)26/h1-6,9,17-18,20H,7-8,10-12H2,(H,28,29)/t17-,18-,20-/m0/s1. The van der Waals surface area contributed by atoms with Crippen LogP contribution in [0.25, 0.3) is 0 Å². The second-order valence-electron chi connectivity index (χ2n) is 8.48. The van der Waals surface area contributed by atoms with E-state index in [0.717, 1.165) is 5.56 Å². The molecule has 0 spiro atoms. The summed E-state index contributed by atoms with van der Waals surface area (Å²) in [5.74, 6) is -1.08. The molecule has 6 nitrogen and oxygen atoms in total. The van der Waals surface area contributed by atoms with E-state index in [1.54, 1.807) is 12.1 Å². The molecule has 2 aliphatic rings. The highest BCUT2D eigenvalue weighted by atomic mass is 35.5. The molecule has 1 N–H and O–H groups in total. The zero-order valence-electron chi connectivity index (χ0n) is 17.4. The molecule has 2 aromatic carbocycles. The van der Waals surface area contributed by atoms with Gasteiger partial charge in [-0.05, 0) is 61.6 Å². The highest BCUT2D eigenvalue weighted by Crippen LogP contribution is 2.40. The number of carbonyl (C=O) groups excluding carboxylic acids is 1. The van der Waals surface area contributed by atoms with Gasteiger partial charge < -0.3 is 10.1 Å². The molecule has 0 heterocycles. The van der Waals surface area contributed by atoms with Crippen molar-refractivity contribution < 1.29 is 17.9 Å². The number of amides is 1. The minimum atomic E-state index is -3.84. The molecule has 3 atom stereocenters. The van der Waals surface area contributed by atoms with Crippen LogP contribution in [0.5, 0.6) is 0 Å². The maximum Gasteiger partial charge on any atom is 0.227 e. The molecule has 4 rings (SSSR count). The molecule has 2 aliphatic carbocycles. The van der Waals surface area contributed by atoms with Crippen LogP contribution in [0.15, 0.2) is 47.4 Å². The molecule has 0 bridgehead atoms. The summed E-state index contributed by atoms with van der Waals surface area (Å²) in [5.41, 5.74) is -0.00449. The summed E-state index contributed by atoms with van der Waals surface area (Å²) in [6.45, 7) is 0.198. The highest BCUT2D eigenvalue weighted by Gasteiger charge is 2.50. The van der Waals surface area contributed by atoms with Crippen molar-refractivity contribution in [3.05, 3.63) is 63.1 Å². The van der Waals surface area contributed by atoms with Crippen molar-refractivity contribution in [1.29, 1.82) is 5.26 Å². The number of sulfone groups is 1. The SMILES string of the molecule is N#CC1(NC(=O)[C@H]2C[C@H](S(=O)(=O)c3ccc(Cl)cc3Cl)C[C@@H]2OCc2ccc(Cl)cc2)CC1. The van der Waals surface area contributed by atoms with E-state index in [4.69, 9.17) is 39.5 Å². The van der Waals surface area contributed by atoms with Gasteiger partial charge in [-0.2, -0.15) is 5.26 Å². The average molecular weight is 528 g/mol. The second-order valence-corrected chi connectivity index (χ2v) is 12.0. The fourth-order valence-electron chi connectivity index (χ4n) is 4.06. The number of ether oxygens (including phenoxy) is 1. The van der Waals surface area contributed by atoms with Crippen molar-refractivity contribution >= 4 is 50.5 Å². The molecular weight excluding hydrogens is 507 g/mol. The van der Waals surface area contributed by atoms with Crippen LogP contribution in [0, 0.1) is 17.2 Å². The summed E-state index contributed by atoms with van der Waals surface area (Å²) in [6, 6.07) is 13.5. The van der Waals surface area contributed by atoms with Gasteiger partial charge in [-0.15, -0.1) is 0 Å². The lowest BCUT2D eigenvalue weighted by Crippen LogP contribution is -2.42. The van der Waals surface area contributed by atoms with Crippen molar-refractivity contribution in [2.24, 2.45) is 5.92 Å². The lowest BCUT2D eigenvalue weighted by Gasteiger charge is -2.21. The zero-order chi connectivity index (χ0) is 23.8. The number of rotatable bonds is 7. The van der Waals surface area contributed by atoms with E-state index in [-0.39, 0.29) is 35.3 Å². The van der Waals surface area contributed by atoms with Crippen LogP contribution in [0.4, 0.5) is 0 Å². The Morgan fingerprint density at radius 1 is 1.09 bits per heavy atom. The monoisotopic (exact) mass is 526 g/mol. The largest absolute Gasteiger partial charge is 0.373 e. The average Bonchev–Trinajstić information content (AvgIpc) is 3.40. The fourth-order valence-corrected chi connectivity index (χ4v) is 6.76. The predicted octanol–water partition coefficient (Wildman–Crippen LogP) is 4.96. The maximum atomic E-state index is 13.4. The van der Waals surface area contributed by atoms with Gasteiger partial charge in [0.25, 0.3) is 0 Å². The van der Waals surface area contributed by atoms with Crippen molar-refractivity contribution in [2.75, 3.05) is 0 Å². The van der Waals surface area contributed by atoms with E-state index >= 15 is 0 Å². The van der Waals surface area contributed by atoms with Gasteiger partial charge in [0.1, 0.15) is 5.54 Å². The third-order valence-electron chi connectivity index (χ3n) is 6.14. The first-order chi connectivity index (χ1) is 15.6. The first kappa shape index (κ1) is 24.3. The Kier molecular flexibility index (Phi) is 6.95. The van der Waals surface area contributed by atoms with E-state index < -0.39 is 32.6 Å². The van der Waals surface area contributed by atoms with Crippen LogP contribution in [0.3, 0.4) is 0 Å². The molecule has 2 saturated carbocycles. The Bertz CT molecular complexity index is 1210. The molecule has 1 amide bonds. The Morgan fingerprint density at radius 3 is 2.36 bits per heavy atom. The third-order valence-corrected chi connectivity index (χ3v) is 9.28. The van der Waals surface area contributed by atoms with Crippen LogP contribution < -0.4 is 5.32 Å². The van der Waals surface area contributed by atoms with E-state index in [1.165, 1.54) is 18.2 Å². The van der Waals surface area contributed by atoms with Gasteiger partial charge in [0.2, 0.25) is 5.91 Å². The number of nitriles is 1. The number of carbonyl (C=O) groups is 1. The molecule has 2 fully saturated rings. The van der Waals surface area contributed by atoms with Crippen LogP contribution in [-0.2, 0) is 26.0 Å². The van der Waals surface area contributed by atoms with Gasteiger partial charge in [-0.3, -0.25) is 4.79 Å². The van der Waals surface area contributed by atoms with Crippen molar-refractivity contribution in [2.45, 2.75) is 54.1 Å². The van der Waals surface area contributed by atoms with E-state index in [9.17, 15) is 18.5 Å².